The molecule has 28 heavy (non-hydrogen) atoms. The fraction of sp³-hybridized carbons (Fsp3) is 0.368. The van der Waals surface area contributed by atoms with Gasteiger partial charge in [-0.1, -0.05) is 17.3 Å². The largest absolute Gasteiger partial charge is 0.465 e. The number of piperidine rings is 1. The Balaban J connectivity index is 1.54. The Bertz CT molecular complexity index is 871. The van der Waals surface area contributed by atoms with E-state index >= 15 is 0 Å². The van der Waals surface area contributed by atoms with E-state index in [0.717, 1.165) is 0 Å². The first-order valence-corrected chi connectivity index (χ1v) is 8.95. The van der Waals surface area contributed by atoms with E-state index in [4.69, 9.17) is 9.26 Å². The number of carbonyl (C=O) groups excluding carboxylic acids is 3. The molecule has 0 atom stereocenters. The lowest BCUT2D eigenvalue weighted by Gasteiger charge is -2.31. The van der Waals surface area contributed by atoms with Crippen LogP contribution in [0.25, 0.3) is 0 Å². The van der Waals surface area contributed by atoms with Crippen LogP contribution in [0.1, 0.15) is 29.0 Å². The minimum atomic E-state index is -0.519. The number of hydrogen-bond donors (Lipinski definition) is 2. The van der Waals surface area contributed by atoms with E-state index in [1.807, 2.05) is 0 Å². The van der Waals surface area contributed by atoms with Gasteiger partial charge in [0.15, 0.2) is 5.82 Å². The maximum Gasteiger partial charge on any atom is 0.339 e. The predicted molar refractivity (Wildman–Crippen MR) is 101 cm³/mol. The van der Waals surface area contributed by atoms with Crippen LogP contribution in [0.2, 0.25) is 0 Å². The third-order valence-corrected chi connectivity index (χ3v) is 4.61. The van der Waals surface area contributed by atoms with Gasteiger partial charge in [0.1, 0.15) is 5.76 Å². The molecule has 3 amide bonds. The summed E-state index contributed by atoms with van der Waals surface area (Å²) in [7, 11) is 1.29. The molecule has 2 heterocycles. The van der Waals surface area contributed by atoms with Crippen molar-refractivity contribution in [3.8, 4) is 0 Å². The number of methoxy groups -OCH3 is 1. The third-order valence-electron chi connectivity index (χ3n) is 4.61. The van der Waals surface area contributed by atoms with Crippen LogP contribution in [-0.2, 0) is 9.53 Å². The summed E-state index contributed by atoms with van der Waals surface area (Å²) in [5.74, 6) is 0.151. The second kappa shape index (κ2) is 8.55. The lowest BCUT2D eigenvalue weighted by atomic mass is 9.96. The van der Waals surface area contributed by atoms with E-state index in [9.17, 15) is 14.4 Å². The van der Waals surface area contributed by atoms with Crippen molar-refractivity contribution in [1.29, 1.82) is 0 Å². The Morgan fingerprint density at radius 3 is 2.54 bits per heavy atom. The predicted octanol–water partition coefficient (Wildman–Crippen LogP) is 2.65. The molecular weight excluding hydrogens is 364 g/mol. The fourth-order valence-corrected chi connectivity index (χ4v) is 3.07. The molecule has 3 rings (SSSR count). The number of nitrogens with one attached hydrogen (secondary N) is 2. The Hall–Kier alpha value is -3.36. The van der Waals surface area contributed by atoms with Gasteiger partial charge >= 0.3 is 12.0 Å². The molecule has 9 heteroatoms. The molecule has 2 N–H and O–H groups in total. The van der Waals surface area contributed by atoms with Crippen molar-refractivity contribution in [3.63, 3.8) is 0 Å². The van der Waals surface area contributed by atoms with E-state index in [-0.39, 0.29) is 23.4 Å². The molecule has 1 aliphatic heterocycles. The summed E-state index contributed by atoms with van der Waals surface area (Å²) in [6.45, 7) is 2.61. The van der Waals surface area contributed by atoms with Crippen LogP contribution in [0, 0.1) is 12.8 Å². The second-order valence-corrected chi connectivity index (χ2v) is 6.54. The maximum absolute atomic E-state index is 12.5. The Morgan fingerprint density at radius 1 is 1.18 bits per heavy atom. The van der Waals surface area contributed by atoms with Crippen molar-refractivity contribution in [2.45, 2.75) is 19.8 Å². The number of para-hydroxylation sites is 1. The van der Waals surface area contributed by atoms with Gasteiger partial charge in [-0.15, -0.1) is 0 Å². The number of likely N-dealkylation sites (tertiary alicyclic amines) is 1. The van der Waals surface area contributed by atoms with Crippen molar-refractivity contribution in [2.75, 3.05) is 30.8 Å². The average Bonchev–Trinajstić information content (AvgIpc) is 3.12. The van der Waals surface area contributed by atoms with Crippen molar-refractivity contribution in [3.05, 3.63) is 41.7 Å². The van der Waals surface area contributed by atoms with Crippen LogP contribution in [0.15, 0.2) is 34.9 Å². The number of hydrogen-bond acceptors (Lipinski definition) is 6. The summed E-state index contributed by atoms with van der Waals surface area (Å²) in [4.78, 5) is 38.3. The van der Waals surface area contributed by atoms with E-state index in [2.05, 4.69) is 15.8 Å². The molecule has 148 valence electrons. The summed E-state index contributed by atoms with van der Waals surface area (Å²) in [6, 6.07) is 7.99. The first-order chi connectivity index (χ1) is 13.5. The van der Waals surface area contributed by atoms with Crippen LogP contribution >= 0.6 is 0 Å². The van der Waals surface area contributed by atoms with Gasteiger partial charge in [-0.05, 0) is 31.9 Å². The van der Waals surface area contributed by atoms with Crippen LogP contribution in [0.4, 0.5) is 16.3 Å². The maximum atomic E-state index is 12.5. The smallest absolute Gasteiger partial charge is 0.339 e. The number of rotatable bonds is 4. The standard InChI is InChI=1S/C19H22N4O5/c1-12-11-16(22-28-12)21-17(24)13-7-9-23(10-8-13)19(26)20-15-6-4-3-5-14(15)18(25)27-2/h3-6,11,13H,7-10H2,1-2H3,(H,20,26)(H,21,22,24). The van der Waals surface area contributed by atoms with Gasteiger partial charge in [-0.2, -0.15) is 0 Å². The number of carbonyl (C=O) groups is 3. The molecule has 1 fully saturated rings. The molecule has 1 saturated heterocycles. The molecule has 0 radical (unpaired) electrons. The molecule has 2 aromatic rings. The second-order valence-electron chi connectivity index (χ2n) is 6.54. The molecule has 1 aliphatic rings. The Labute approximate surface area is 162 Å². The molecule has 9 nitrogen and oxygen atoms in total. The zero-order chi connectivity index (χ0) is 20.1. The monoisotopic (exact) mass is 386 g/mol. The fourth-order valence-electron chi connectivity index (χ4n) is 3.07. The number of anilines is 2. The van der Waals surface area contributed by atoms with Gasteiger partial charge in [0.05, 0.1) is 18.4 Å². The Kier molecular flexibility index (Phi) is 5.93. The van der Waals surface area contributed by atoms with E-state index in [0.29, 0.717) is 43.2 Å². The molecule has 1 aromatic heterocycles. The quantitative estimate of drug-likeness (QED) is 0.781. The van der Waals surface area contributed by atoms with Gasteiger partial charge in [-0.3, -0.25) is 4.79 Å². The highest BCUT2D eigenvalue weighted by molar-refractivity contribution is 6.00. The number of esters is 1. The SMILES string of the molecule is COC(=O)c1ccccc1NC(=O)N1CCC(C(=O)Nc2cc(C)on2)CC1. The summed E-state index contributed by atoms with van der Waals surface area (Å²) >= 11 is 0. The van der Waals surface area contributed by atoms with E-state index in [1.165, 1.54) is 7.11 Å². The normalized spacial score (nSPS) is 14.4. The van der Waals surface area contributed by atoms with Gasteiger partial charge < -0.3 is 24.8 Å². The first kappa shape index (κ1) is 19.4. The van der Waals surface area contributed by atoms with Crippen LogP contribution in [-0.4, -0.2) is 48.2 Å². The van der Waals surface area contributed by atoms with Crippen molar-refractivity contribution >= 4 is 29.4 Å². The van der Waals surface area contributed by atoms with Crippen molar-refractivity contribution in [1.82, 2.24) is 10.1 Å². The summed E-state index contributed by atoms with van der Waals surface area (Å²) in [5, 5.41) is 9.22. The lowest BCUT2D eigenvalue weighted by Crippen LogP contribution is -2.43. The van der Waals surface area contributed by atoms with Crippen LogP contribution in [0.3, 0.4) is 0 Å². The van der Waals surface area contributed by atoms with Gasteiger partial charge in [0.2, 0.25) is 5.91 Å². The topological polar surface area (TPSA) is 114 Å². The summed E-state index contributed by atoms with van der Waals surface area (Å²) in [5.41, 5.74) is 0.677. The molecule has 0 unspecified atom stereocenters. The highest BCUT2D eigenvalue weighted by Crippen LogP contribution is 2.22. The van der Waals surface area contributed by atoms with Gasteiger partial charge in [0.25, 0.3) is 0 Å². The molecule has 0 spiro atoms. The summed E-state index contributed by atoms with van der Waals surface area (Å²) in [6.07, 6.45) is 1.07. The number of amides is 3. The van der Waals surface area contributed by atoms with E-state index in [1.54, 1.807) is 42.2 Å². The van der Waals surface area contributed by atoms with Gasteiger partial charge in [-0.25, -0.2) is 9.59 Å². The highest BCUT2D eigenvalue weighted by atomic mass is 16.5. The lowest BCUT2D eigenvalue weighted by molar-refractivity contribution is -0.121. The average molecular weight is 386 g/mol. The number of benzene rings is 1. The van der Waals surface area contributed by atoms with E-state index < -0.39 is 5.97 Å². The minimum absolute atomic E-state index is 0.135. The number of aromatic nitrogens is 1. The first-order valence-electron chi connectivity index (χ1n) is 8.95. The number of urea groups is 1. The molecule has 1 aromatic carbocycles. The zero-order valence-electron chi connectivity index (χ0n) is 15.7. The van der Waals surface area contributed by atoms with Crippen molar-refractivity contribution in [2.24, 2.45) is 5.92 Å². The number of aryl methyl sites for hydroxylation is 1. The van der Waals surface area contributed by atoms with Crippen LogP contribution in [0.5, 0.6) is 0 Å². The molecule has 0 saturated carbocycles. The summed E-state index contributed by atoms with van der Waals surface area (Å²) < 4.78 is 9.67. The Morgan fingerprint density at radius 2 is 1.89 bits per heavy atom. The van der Waals surface area contributed by atoms with Gasteiger partial charge in [0, 0.05) is 25.1 Å². The number of ether oxygens (including phenoxy) is 1. The van der Waals surface area contributed by atoms with Crippen molar-refractivity contribution < 1.29 is 23.6 Å². The zero-order valence-corrected chi connectivity index (χ0v) is 15.7. The molecular formula is C19H22N4O5. The third kappa shape index (κ3) is 4.48. The molecule has 0 bridgehead atoms. The molecule has 0 aliphatic carbocycles. The minimum Gasteiger partial charge on any atom is -0.465 e. The highest BCUT2D eigenvalue weighted by Gasteiger charge is 2.28. The number of nitrogens with zero attached hydrogens (tertiary/aromatic N) is 2. The van der Waals surface area contributed by atoms with Crippen LogP contribution < -0.4 is 10.6 Å².